The average Bonchev–Trinajstić information content (AvgIpc) is 3.72. The summed E-state index contributed by atoms with van der Waals surface area (Å²) in [6, 6.07) is 68.0. The molecular weight excluding hydrogens is 687 g/mol. The second-order valence-electron chi connectivity index (χ2n) is 13.2. The fraction of sp³-hybridized carbons (Fsp3) is 0.0204. The first-order valence-corrected chi connectivity index (χ1v) is 18.6. The Morgan fingerprint density at radius 2 is 1.04 bits per heavy atom. The van der Waals surface area contributed by atoms with Gasteiger partial charge in [0.25, 0.3) is 0 Å². The summed E-state index contributed by atoms with van der Waals surface area (Å²) in [6.07, 6.45) is 1.89. The molecule has 0 aliphatic heterocycles. The van der Waals surface area contributed by atoms with Crippen molar-refractivity contribution in [2.75, 3.05) is 22.7 Å². The first-order valence-electron chi connectivity index (χ1n) is 18.6. The molecule has 0 bridgehead atoms. The summed E-state index contributed by atoms with van der Waals surface area (Å²) in [5, 5.41) is 17.5. The van der Waals surface area contributed by atoms with Gasteiger partial charge in [0.05, 0.1) is 22.8 Å². The Labute approximate surface area is 327 Å². The van der Waals surface area contributed by atoms with Gasteiger partial charge in [-0.3, -0.25) is 0 Å². The van der Waals surface area contributed by atoms with Gasteiger partial charge in [0.2, 0.25) is 0 Å². The van der Waals surface area contributed by atoms with Crippen molar-refractivity contribution < 1.29 is 0 Å². The number of anilines is 5. The highest BCUT2D eigenvalue weighted by Gasteiger charge is 2.17. The molecule has 0 aliphatic carbocycles. The lowest BCUT2D eigenvalue weighted by molar-refractivity contribution is 0.892. The van der Waals surface area contributed by atoms with Crippen LogP contribution in [0.1, 0.15) is 11.1 Å². The van der Waals surface area contributed by atoms with E-state index in [0.717, 1.165) is 73.5 Å². The van der Waals surface area contributed by atoms with E-state index < -0.39 is 0 Å². The summed E-state index contributed by atoms with van der Waals surface area (Å²) >= 11 is 0. The predicted octanol–water partition coefficient (Wildman–Crippen LogP) is 11.7. The maximum Gasteiger partial charge on any atom is 0.0934 e. The van der Waals surface area contributed by atoms with E-state index >= 15 is 0 Å². The number of hydrazine groups is 1. The molecule has 8 rings (SSSR count). The number of hydrogen-bond acceptors (Lipinski definition) is 6. The van der Waals surface area contributed by atoms with Crippen molar-refractivity contribution in [1.29, 1.82) is 5.41 Å². The minimum atomic E-state index is 0.432. The maximum atomic E-state index is 8.83. The van der Waals surface area contributed by atoms with E-state index in [-0.39, 0.29) is 0 Å². The molecule has 0 aliphatic rings. The third-order valence-corrected chi connectivity index (χ3v) is 9.46. The van der Waals surface area contributed by atoms with Gasteiger partial charge in [-0.25, -0.2) is 10.1 Å². The van der Waals surface area contributed by atoms with Crippen molar-refractivity contribution in [2.45, 2.75) is 0 Å². The normalized spacial score (nSPS) is 11.2. The molecule has 56 heavy (non-hydrogen) atoms. The third kappa shape index (κ3) is 8.04. The number of nitrogens with zero attached hydrogens (tertiary/aromatic N) is 3. The van der Waals surface area contributed by atoms with Crippen LogP contribution in [0.5, 0.6) is 0 Å². The monoisotopic (exact) mass is 727 g/mol. The Kier molecular flexibility index (Phi) is 10.6. The second kappa shape index (κ2) is 16.7. The number of aromatic nitrogens is 2. The lowest BCUT2D eigenvalue weighted by Crippen LogP contribution is -2.15. The lowest BCUT2D eigenvalue weighted by Gasteiger charge is -2.26. The summed E-state index contributed by atoms with van der Waals surface area (Å²) in [7, 11) is 1.85. The maximum absolute atomic E-state index is 8.83. The van der Waals surface area contributed by atoms with Gasteiger partial charge in [0.1, 0.15) is 0 Å². The van der Waals surface area contributed by atoms with Crippen LogP contribution in [0.2, 0.25) is 0 Å². The minimum absolute atomic E-state index is 0.432. The van der Waals surface area contributed by atoms with Crippen molar-refractivity contribution in [2.24, 2.45) is 0 Å². The zero-order valence-electron chi connectivity index (χ0n) is 31.0. The van der Waals surface area contributed by atoms with Crippen molar-refractivity contribution >= 4 is 39.8 Å². The molecule has 4 N–H and O–H groups in total. The van der Waals surface area contributed by atoms with Crippen LogP contribution in [0.25, 0.3) is 33.9 Å². The molecule has 7 nitrogen and oxygen atoms in total. The van der Waals surface area contributed by atoms with Crippen LogP contribution in [0, 0.1) is 5.41 Å². The average molecular weight is 728 g/mol. The zero-order valence-corrected chi connectivity index (χ0v) is 31.0. The number of nitrogens with one attached hydrogen (secondary N) is 4. The van der Waals surface area contributed by atoms with Crippen LogP contribution < -0.4 is 21.1 Å². The minimum Gasteiger partial charge on any atom is -0.355 e. The Hall–Kier alpha value is -7.48. The van der Waals surface area contributed by atoms with E-state index in [1.807, 2.05) is 90.6 Å². The van der Waals surface area contributed by atoms with Gasteiger partial charge in [0.15, 0.2) is 0 Å². The van der Waals surface area contributed by atoms with E-state index in [9.17, 15) is 0 Å². The molecule has 0 spiro atoms. The molecule has 7 heteroatoms. The van der Waals surface area contributed by atoms with E-state index in [0.29, 0.717) is 5.71 Å². The summed E-state index contributed by atoms with van der Waals surface area (Å²) in [5.74, 6) is 0. The Bertz CT molecular complexity index is 2530. The molecule has 0 unspecified atom stereocenters. The second-order valence-corrected chi connectivity index (χ2v) is 13.2. The van der Waals surface area contributed by atoms with E-state index in [4.69, 9.17) is 10.5 Å². The molecule has 0 fully saturated rings. The van der Waals surface area contributed by atoms with Crippen LogP contribution >= 0.6 is 0 Å². The van der Waals surface area contributed by atoms with Gasteiger partial charge < -0.3 is 21.1 Å². The largest absolute Gasteiger partial charge is 0.355 e. The Morgan fingerprint density at radius 3 is 1.59 bits per heavy atom. The zero-order chi connectivity index (χ0) is 38.1. The molecule has 0 saturated heterocycles. The standard InChI is InChI=1S/C49H41N7/c1-51-53-41-24-28-43(29-25-41)55(42-26-22-40(23-27-42)52-47(37-16-8-3-9-17-37)34-46(50)36-14-6-2-7-15-36)44-30-32-45(33-31-44)56-49(39-20-12-5-13-21-39)35-48(54-56)38-18-10-4-11-19-38/h2-35,50-53H,1H3/b47-34-,50-46?. The molecule has 0 atom stereocenters. The Balaban J connectivity index is 1.13. The van der Waals surface area contributed by atoms with Crippen LogP contribution in [0.15, 0.2) is 206 Å². The van der Waals surface area contributed by atoms with Gasteiger partial charge in [-0.05, 0) is 96.1 Å². The fourth-order valence-corrected chi connectivity index (χ4v) is 6.67. The lowest BCUT2D eigenvalue weighted by atomic mass is 10.1. The molecule has 7 aromatic carbocycles. The van der Waals surface area contributed by atoms with Crippen LogP contribution in [0.4, 0.5) is 28.4 Å². The van der Waals surface area contributed by atoms with E-state index in [2.05, 4.69) is 148 Å². The van der Waals surface area contributed by atoms with Crippen molar-refractivity contribution in [3.63, 3.8) is 0 Å². The highest BCUT2D eigenvalue weighted by Crippen LogP contribution is 2.37. The van der Waals surface area contributed by atoms with Crippen molar-refractivity contribution in [3.8, 4) is 28.2 Å². The molecule has 8 aromatic rings. The van der Waals surface area contributed by atoms with Gasteiger partial charge in [-0.15, -0.1) is 0 Å². The molecule has 0 saturated carbocycles. The van der Waals surface area contributed by atoms with E-state index in [1.54, 1.807) is 0 Å². The quantitative estimate of drug-likeness (QED) is 0.0702. The molecule has 0 radical (unpaired) electrons. The van der Waals surface area contributed by atoms with Gasteiger partial charge in [-0.1, -0.05) is 121 Å². The summed E-state index contributed by atoms with van der Waals surface area (Å²) < 4.78 is 2.03. The molecular formula is C49H41N7. The molecule has 1 heterocycles. The molecule has 272 valence electrons. The summed E-state index contributed by atoms with van der Waals surface area (Å²) in [6.45, 7) is 0. The van der Waals surface area contributed by atoms with Crippen molar-refractivity contribution in [3.05, 3.63) is 217 Å². The van der Waals surface area contributed by atoms with Crippen LogP contribution in [-0.2, 0) is 0 Å². The Morgan fingerprint density at radius 1 is 0.554 bits per heavy atom. The first kappa shape index (κ1) is 35.5. The highest BCUT2D eigenvalue weighted by molar-refractivity contribution is 6.11. The van der Waals surface area contributed by atoms with Crippen molar-refractivity contribution in [1.82, 2.24) is 15.2 Å². The molecule has 1 aromatic heterocycles. The third-order valence-electron chi connectivity index (χ3n) is 9.46. The molecule has 0 amide bonds. The smallest absolute Gasteiger partial charge is 0.0934 e. The summed E-state index contributed by atoms with van der Waals surface area (Å²) in [4.78, 5) is 2.24. The number of allylic oxidation sites excluding steroid dienone is 1. The van der Waals surface area contributed by atoms with E-state index in [1.165, 1.54) is 0 Å². The predicted molar refractivity (Wildman–Crippen MR) is 233 cm³/mol. The van der Waals surface area contributed by atoms with Gasteiger partial charge >= 0.3 is 0 Å². The first-order chi connectivity index (χ1) is 27.6. The topological polar surface area (TPSA) is 81.0 Å². The van der Waals surface area contributed by atoms with Gasteiger partial charge in [0, 0.05) is 52.3 Å². The fourth-order valence-electron chi connectivity index (χ4n) is 6.67. The summed E-state index contributed by atoms with van der Waals surface area (Å²) in [5.41, 5.74) is 19.3. The number of benzene rings is 7. The SMILES string of the molecule is CNNc1ccc(N(c2ccc(N/C(=C\C(=N)c3ccccc3)c3ccccc3)cc2)c2ccc(-n3nc(-c4ccccc4)cc3-c3ccccc3)cc2)cc1. The van der Waals surface area contributed by atoms with Crippen LogP contribution in [-0.4, -0.2) is 22.5 Å². The number of hydrogen-bond donors (Lipinski definition) is 4. The van der Waals surface area contributed by atoms with Gasteiger partial charge in [-0.2, -0.15) is 5.10 Å². The highest BCUT2D eigenvalue weighted by atomic mass is 15.3. The van der Waals surface area contributed by atoms with Crippen LogP contribution in [0.3, 0.4) is 0 Å². The number of rotatable bonds is 13.